The van der Waals surface area contributed by atoms with Gasteiger partial charge in [0.1, 0.15) is 24.2 Å². The molecule has 35 heavy (non-hydrogen) atoms. The van der Waals surface area contributed by atoms with Gasteiger partial charge in [0.15, 0.2) is 0 Å². The summed E-state index contributed by atoms with van der Waals surface area (Å²) in [7, 11) is 0. The van der Waals surface area contributed by atoms with Crippen molar-refractivity contribution in [3.05, 3.63) is 71.8 Å². The summed E-state index contributed by atoms with van der Waals surface area (Å²) in [4.78, 5) is 21.4. The van der Waals surface area contributed by atoms with Gasteiger partial charge >= 0.3 is 0 Å². The van der Waals surface area contributed by atoms with Crippen LogP contribution in [0.5, 0.6) is 11.5 Å². The third-order valence-electron chi connectivity index (χ3n) is 6.66. The summed E-state index contributed by atoms with van der Waals surface area (Å²) in [5, 5.41) is 4.38. The molecule has 1 aromatic carbocycles. The van der Waals surface area contributed by atoms with Crippen LogP contribution in [0.15, 0.2) is 55.0 Å². The van der Waals surface area contributed by atoms with Crippen molar-refractivity contribution >= 4 is 5.91 Å². The molecule has 1 amide bonds. The van der Waals surface area contributed by atoms with Crippen LogP contribution in [0.3, 0.4) is 0 Å². The Morgan fingerprint density at radius 1 is 1.17 bits per heavy atom. The van der Waals surface area contributed by atoms with Crippen LogP contribution in [0.1, 0.15) is 36.1 Å². The molecule has 0 spiro atoms. The first kappa shape index (κ1) is 23.4. The monoisotopic (exact) mass is 475 g/mol. The number of benzene rings is 1. The molecule has 2 aliphatic rings. The molecule has 0 saturated carbocycles. The van der Waals surface area contributed by atoms with E-state index in [1.54, 1.807) is 12.4 Å². The largest absolute Gasteiger partial charge is 0.491 e. The van der Waals surface area contributed by atoms with E-state index in [4.69, 9.17) is 9.47 Å². The highest BCUT2D eigenvalue weighted by atomic mass is 16.5. The summed E-state index contributed by atoms with van der Waals surface area (Å²) in [6.45, 7) is 7.14. The maximum atomic E-state index is 12.9. The van der Waals surface area contributed by atoms with Gasteiger partial charge in [-0.25, -0.2) is 0 Å². The summed E-state index contributed by atoms with van der Waals surface area (Å²) in [6, 6.07) is 12.2. The SMILES string of the molecule is Cc1ccn(CCC(=O)N2CCOc3ccc(CN4CCC(Oc5cccnc5)CC4)cc3C2)n1. The lowest BCUT2D eigenvalue weighted by molar-refractivity contribution is -0.132. The highest BCUT2D eigenvalue weighted by molar-refractivity contribution is 5.76. The van der Waals surface area contributed by atoms with Gasteiger partial charge < -0.3 is 14.4 Å². The van der Waals surface area contributed by atoms with Crippen LogP contribution < -0.4 is 9.47 Å². The minimum absolute atomic E-state index is 0.135. The smallest absolute Gasteiger partial charge is 0.224 e. The highest BCUT2D eigenvalue weighted by Gasteiger charge is 2.23. The van der Waals surface area contributed by atoms with Crippen LogP contribution >= 0.6 is 0 Å². The van der Waals surface area contributed by atoms with Gasteiger partial charge in [0.2, 0.25) is 5.91 Å². The molecule has 0 bridgehead atoms. The van der Waals surface area contributed by atoms with Crippen molar-refractivity contribution in [2.24, 2.45) is 0 Å². The molecule has 5 rings (SSSR count). The minimum atomic E-state index is 0.135. The van der Waals surface area contributed by atoms with Crippen LogP contribution in [0.25, 0.3) is 0 Å². The number of carbonyl (C=O) groups is 1. The zero-order chi connectivity index (χ0) is 24.0. The topological polar surface area (TPSA) is 72.7 Å². The average Bonchev–Trinajstić information content (AvgIpc) is 3.17. The maximum Gasteiger partial charge on any atom is 0.224 e. The fourth-order valence-electron chi connectivity index (χ4n) is 4.77. The highest BCUT2D eigenvalue weighted by Crippen LogP contribution is 2.26. The first-order valence-corrected chi connectivity index (χ1v) is 12.4. The number of hydrogen-bond donors (Lipinski definition) is 0. The molecule has 0 aliphatic carbocycles. The first-order chi connectivity index (χ1) is 17.1. The van der Waals surface area contributed by atoms with Gasteiger partial charge in [0, 0.05) is 57.1 Å². The number of piperidine rings is 1. The molecule has 2 aromatic heterocycles. The number of aryl methyl sites for hydroxylation is 2. The molecule has 0 radical (unpaired) electrons. The predicted octanol–water partition coefficient (Wildman–Crippen LogP) is 3.44. The molecule has 1 fully saturated rings. The number of rotatable bonds is 7. The zero-order valence-electron chi connectivity index (χ0n) is 20.3. The van der Waals surface area contributed by atoms with Gasteiger partial charge in [-0.15, -0.1) is 0 Å². The Morgan fingerprint density at radius 3 is 2.83 bits per heavy atom. The number of fused-ring (bicyclic) bond motifs is 1. The Kier molecular flexibility index (Phi) is 7.28. The second kappa shape index (κ2) is 10.9. The van der Waals surface area contributed by atoms with Crippen LogP contribution in [-0.4, -0.2) is 62.8 Å². The molecule has 0 unspecified atom stereocenters. The van der Waals surface area contributed by atoms with Gasteiger partial charge in [-0.1, -0.05) is 6.07 Å². The normalized spacial score (nSPS) is 16.9. The standard InChI is InChI=1S/C27H33N5O3/c1-21-6-13-32(29-21)14-9-27(33)31-15-16-34-26-5-4-22(17-23(26)20-31)19-30-11-7-24(8-12-30)35-25-3-2-10-28-18-25/h2-6,10,13,17-18,24H,7-9,11-12,14-16,19-20H2,1H3. The van der Waals surface area contributed by atoms with Crippen molar-refractivity contribution in [3.8, 4) is 11.5 Å². The van der Waals surface area contributed by atoms with E-state index in [-0.39, 0.29) is 12.0 Å². The predicted molar refractivity (Wildman–Crippen MR) is 132 cm³/mol. The molecular formula is C27H33N5O3. The molecule has 2 aliphatic heterocycles. The average molecular weight is 476 g/mol. The van der Waals surface area contributed by atoms with Gasteiger partial charge in [-0.3, -0.25) is 19.4 Å². The lowest BCUT2D eigenvalue weighted by Crippen LogP contribution is -2.37. The van der Waals surface area contributed by atoms with Gasteiger partial charge in [0.05, 0.1) is 18.4 Å². The molecule has 0 atom stereocenters. The quantitative estimate of drug-likeness (QED) is 0.521. The number of amides is 1. The molecule has 3 aromatic rings. The summed E-state index contributed by atoms with van der Waals surface area (Å²) < 4.78 is 13.9. The van der Waals surface area contributed by atoms with E-state index in [0.29, 0.717) is 32.7 Å². The van der Waals surface area contributed by atoms with Gasteiger partial charge in [-0.05, 0) is 55.7 Å². The summed E-state index contributed by atoms with van der Waals surface area (Å²) in [5.41, 5.74) is 3.30. The Hall–Kier alpha value is -3.39. The fourth-order valence-corrected chi connectivity index (χ4v) is 4.77. The zero-order valence-corrected chi connectivity index (χ0v) is 20.3. The molecule has 184 valence electrons. The molecular weight excluding hydrogens is 442 g/mol. The Labute approximate surface area is 206 Å². The van der Waals surface area contributed by atoms with Crippen molar-refractivity contribution in [2.75, 3.05) is 26.2 Å². The number of nitrogens with zero attached hydrogens (tertiary/aromatic N) is 5. The third-order valence-corrected chi connectivity index (χ3v) is 6.66. The van der Waals surface area contributed by atoms with E-state index in [1.165, 1.54) is 5.56 Å². The van der Waals surface area contributed by atoms with Crippen LogP contribution in [0.2, 0.25) is 0 Å². The number of hydrogen-bond acceptors (Lipinski definition) is 6. The van der Waals surface area contributed by atoms with Crippen LogP contribution in [0, 0.1) is 6.92 Å². The summed E-state index contributed by atoms with van der Waals surface area (Å²) in [6.07, 6.45) is 8.13. The van der Waals surface area contributed by atoms with E-state index in [2.05, 4.69) is 33.2 Å². The van der Waals surface area contributed by atoms with Crippen LogP contribution in [0.4, 0.5) is 0 Å². The third kappa shape index (κ3) is 6.19. The first-order valence-electron chi connectivity index (χ1n) is 12.4. The van der Waals surface area contributed by atoms with E-state index < -0.39 is 0 Å². The van der Waals surface area contributed by atoms with Gasteiger partial charge in [-0.2, -0.15) is 5.10 Å². The number of pyridine rings is 1. The van der Waals surface area contributed by atoms with Crippen molar-refractivity contribution in [2.45, 2.75) is 51.9 Å². The summed E-state index contributed by atoms with van der Waals surface area (Å²) >= 11 is 0. The fraction of sp³-hybridized carbons (Fsp3) is 0.444. The maximum absolute atomic E-state index is 12.9. The van der Waals surface area contributed by atoms with E-state index in [9.17, 15) is 4.79 Å². The van der Waals surface area contributed by atoms with Crippen molar-refractivity contribution < 1.29 is 14.3 Å². The molecule has 4 heterocycles. The number of ether oxygens (including phenoxy) is 2. The Morgan fingerprint density at radius 2 is 2.06 bits per heavy atom. The van der Waals surface area contributed by atoms with Crippen molar-refractivity contribution in [1.82, 2.24) is 24.6 Å². The number of aromatic nitrogens is 3. The van der Waals surface area contributed by atoms with Crippen LogP contribution in [-0.2, 0) is 24.4 Å². The van der Waals surface area contributed by atoms with Crippen molar-refractivity contribution in [3.63, 3.8) is 0 Å². The minimum Gasteiger partial charge on any atom is -0.491 e. The second-order valence-electron chi connectivity index (χ2n) is 9.36. The molecule has 8 nitrogen and oxygen atoms in total. The Bertz CT molecular complexity index is 1120. The Balaban J connectivity index is 1.15. The molecule has 1 saturated heterocycles. The summed E-state index contributed by atoms with van der Waals surface area (Å²) in [5.74, 6) is 1.86. The number of carbonyl (C=O) groups excluding carboxylic acids is 1. The lowest BCUT2D eigenvalue weighted by atomic mass is 10.0. The molecule has 0 N–H and O–H groups in total. The van der Waals surface area contributed by atoms with Gasteiger partial charge in [0.25, 0.3) is 0 Å². The lowest BCUT2D eigenvalue weighted by Gasteiger charge is -2.32. The molecule has 8 heteroatoms. The van der Waals surface area contributed by atoms with E-state index >= 15 is 0 Å². The van der Waals surface area contributed by atoms with E-state index in [0.717, 1.165) is 55.2 Å². The second-order valence-corrected chi connectivity index (χ2v) is 9.36. The van der Waals surface area contributed by atoms with E-state index in [1.807, 2.05) is 40.9 Å². The number of likely N-dealkylation sites (tertiary alicyclic amines) is 1. The van der Waals surface area contributed by atoms with Crippen molar-refractivity contribution in [1.29, 1.82) is 0 Å².